The van der Waals surface area contributed by atoms with Gasteiger partial charge in [0.2, 0.25) is 0 Å². The van der Waals surface area contributed by atoms with E-state index in [4.69, 9.17) is 11.6 Å². The number of halogens is 2. The molecule has 0 aliphatic carbocycles. The Hall–Kier alpha value is -2.11. The van der Waals surface area contributed by atoms with Crippen LogP contribution in [0.5, 0.6) is 0 Å². The summed E-state index contributed by atoms with van der Waals surface area (Å²) >= 11 is 5.93. The number of carbonyl (C=O) groups excluding carboxylic acids is 1. The Balaban J connectivity index is 1.66. The Bertz CT molecular complexity index is 745. The van der Waals surface area contributed by atoms with Crippen LogP contribution in [-0.2, 0) is 0 Å². The first-order chi connectivity index (χ1) is 12.0. The van der Waals surface area contributed by atoms with Crippen LogP contribution in [0.25, 0.3) is 0 Å². The van der Waals surface area contributed by atoms with E-state index < -0.39 is 5.82 Å². The van der Waals surface area contributed by atoms with Gasteiger partial charge in [-0.1, -0.05) is 11.6 Å². The molecule has 0 bridgehead atoms. The van der Waals surface area contributed by atoms with Crippen molar-refractivity contribution in [1.82, 2.24) is 5.32 Å². The molecule has 0 unspecified atom stereocenters. The third-order valence-electron chi connectivity index (χ3n) is 4.56. The number of nitrogens with zero attached hydrogens (tertiary/aromatic N) is 1. The quantitative estimate of drug-likeness (QED) is 0.867. The van der Waals surface area contributed by atoms with Crippen molar-refractivity contribution in [2.24, 2.45) is 0 Å². The molecule has 1 fully saturated rings. The smallest absolute Gasteiger partial charge is 0.257 e. The Labute approximate surface area is 152 Å². The lowest BCUT2D eigenvalue weighted by molar-refractivity contribution is 0.102. The molecule has 25 heavy (non-hydrogen) atoms. The minimum atomic E-state index is -0.466. The molecule has 2 N–H and O–H groups in total. The minimum absolute atomic E-state index is 0.0970. The minimum Gasteiger partial charge on any atom is -0.372 e. The highest BCUT2D eigenvalue weighted by Gasteiger charge is 2.18. The lowest BCUT2D eigenvalue weighted by Crippen LogP contribution is -2.41. The molecule has 4 nitrogen and oxygen atoms in total. The van der Waals surface area contributed by atoms with E-state index in [9.17, 15) is 9.18 Å². The maximum Gasteiger partial charge on any atom is 0.257 e. The molecular formula is C19H21ClFN3O. The number of anilines is 2. The molecule has 2 aromatic carbocycles. The predicted molar refractivity (Wildman–Crippen MR) is 100 cm³/mol. The number of piperidine rings is 1. The van der Waals surface area contributed by atoms with Gasteiger partial charge in [-0.15, -0.1) is 0 Å². The van der Waals surface area contributed by atoms with Gasteiger partial charge < -0.3 is 15.5 Å². The summed E-state index contributed by atoms with van der Waals surface area (Å²) in [6, 6.07) is 12.0. The van der Waals surface area contributed by atoms with Gasteiger partial charge in [-0.25, -0.2) is 4.39 Å². The highest BCUT2D eigenvalue weighted by atomic mass is 35.5. The van der Waals surface area contributed by atoms with Gasteiger partial charge in [-0.3, -0.25) is 4.79 Å². The van der Waals surface area contributed by atoms with E-state index in [1.165, 1.54) is 12.1 Å². The molecule has 0 radical (unpaired) electrons. The van der Waals surface area contributed by atoms with Crippen molar-refractivity contribution in [3.8, 4) is 0 Å². The monoisotopic (exact) mass is 361 g/mol. The summed E-state index contributed by atoms with van der Waals surface area (Å²) in [5.74, 6) is -0.823. The average molecular weight is 362 g/mol. The third-order valence-corrected chi connectivity index (χ3v) is 4.88. The number of hydrogen-bond acceptors (Lipinski definition) is 3. The second-order valence-electron chi connectivity index (χ2n) is 6.22. The lowest BCUT2D eigenvalue weighted by atomic mass is 10.0. The Morgan fingerprint density at radius 1 is 1.20 bits per heavy atom. The van der Waals surface area contributed by atoms with Crippen molar-refractivity contribution in [2.45, 2.75) is 18.9 Å². The number of amides is 1. The first-order valence-corrected chi connectivity index (χ1v) is 8.72. The predicted octanol–water partition coefficient (Wildman–Crippen LogP) is 3.92. The summed E-state index contributed by atoms with van der Waals surface area (Å²) in [4.78, 5) is 14.6. The van der Waals surface area contributed by atoms with Crippen molar-refractivity contribution in [2.75, 3.05) is 30.4 Å². The molecule has 6 heteroatoms. The molecule has 0 aromatic heterocycles. The maximum atomic E-state index is 13.1. The third kappa shape index (κ3) is 4.30. The SMILES string of the molecule is CN(c1ccc(NC(=O)c2ccc(F)cc2Cl)cc1)C1CCNCC1. The number of carbonyl (C=O) groups is 1. The molecule has 1 aliphatic rings. The van der Waals surface area contributed by atoms with Crippen LogP contribution in [0.3, 0.4) is 0 Å². The molecule has 1 aliphatic heterocycles. The van der Waals surface area contributed by atoms with Gasteiger partial charge in [-0.05, 0) is 68.4 Å². The molecule has 1 saturated heterocycles. The van der Waals surface area contributed by atoms with E-state index >= 15 is 0 Å². The molecule has 2 aromatic rings. The fraction of sp³-hybridized carbons (Fsp3) is 0.316. The van der Waals surface area contributed by atoms with E-state index in [1.807, 2.05) is 24.3 Å². The molecule has 1 heterocycles. The maximum absolute atomic E-state index is 13.1. The topological polar surface area (TPSA) is 44.4 Å². The van der Waals surface area contributed by atoms with Crippen LogP contribution >= 0.6 is 11.6 Å². The van der Waals surface area contributed by atoms with Gasteiger partial charge in [0.05, 0.1) is 10.6 Å². The molecule has 0 atom stereocenters. The van der Waals surface area contributed by atoms with Gasteiger partial charge in [0, 0.05) is 24.5 Å². The van der Waals surface area contributed by atoms with Crippen LogP contribution in [0, 0.1) is 5.82 Å². The Morgan fingerprint density at radius 2 is 1.88 bits per heavy atom. The number of benzene rings is 2. The normalized spacial score (nSPS) is 15.0. The largest absolute Gasteiger partial charge is 0.372 e. The first-order valence-electron chi connectivity index (χ1n) is 8.34. The molecule has 1 amide bonds. The summed E-state index contributed by atoms with van der Waals surface area (Å²) in [5.41, 5.74) is 2.04. The van der Waals surface area contributed by atoms with Crippen molar-refractivity contribution >= 4 is 28.9 Å². The summed E-state index contributed by atoms with van der Waals surface area (Å²) < 4.78 is 13.1. The van der Waals surface area contributed by atoms with Crippen LogP contribution in [0.4, 0.5) is 15.8 Å². The zero-order valence-electron chi connectivity index (χ0n) is 14.1. The number of rotatable bonds is 4. The van der Waals surface area contributed by atoms with Crippen LogP contribution < -0.4 is 15.5 Å². The van der Waals surface area contributed by atoms with Crippen molar-refractivity contribution < 1.29 is 9.18 Å². The number of hydrogen-bond donors (Lipinski definition) is 2. The van der Waals surface area contributed by atoms with Crippen LogP contribution in [0.1, 0.15) is 23.2 Å². The summed E-state index contributed by atoms with van der Waals surface area (Å²) in [6.45, 7) is 2.09. The van der Waals surface area contributed by atoms with E-state index in [0.717, 1.165) is 37.7 Å². The molecule has 3 rings (SSSR count). The van der Waals surface area contributed by atoms with Crippen LogP contribution in [-0.4, -0.2) is 32.1 Å². The second-order valence-corrected chi connectivity index (χ2v) is 6.62. The lowest BCUT2D eigenvalue weighted by Gasteiger charge is -2.33. The van der Waals surface area contributed by atoms with Crippen LogP contribution in [0.15, 0.2) is 42.5 Å². The number of nitrogens with one attached hydrogen (secondary N) is 2. The summed E-state index contributed by atoms with van der Waals surface area (Å²) in [5, 5.41) is 6.25. The van der Waals surface area contributed by atoms with Gasteiger partial charge in [-0.2, -0.15) is 0 Å². The Kier molecular flexibility index (Phi) is 5.56. The second kappa shape index (κ2) is 7.85. The fourth-order valence-electron chi connectivity index (χ4n) is 3.06. The molecule has 0 spiro atoms. The highest BCUT2D eigenvalue weighted by Crippen LogP contribution is 2.23. The van der Waals surface area contributed by atoms with Crippen molar-refractivity contribution in [3.05, 3.63) is 58.9 Å². The molecular weight excluding hydrogens is 341 g/mol. The zero-order valence-corrected chi connectivity index (χ0v) is 14.8. The van der Waals surface area contributed by atoms with E-state index in [-0.39, 0.29) is 16.5 Å². The van der Waals surface area contributed by atoms with Gasteiger partial charge in [0.1, 0.15) is 5.82 Å². The molecule has 0 saturated carbocycles. The van der Waals surface area contributed by atoms with Gasteiger partial charge >= 0.3 is 0 Å². The highest BCUT2D eigenvalue weighted by molar-refractivity contribution is 6.34. The standard InChI is InChI=1S/C19H21ClFN3O/c1-24(16-8-10-22-11-9-16)15-5-3-14(4-6-15)23-19(25)17-7-2-13(21)12-18(17)20/h2-7,12,16,22H,8-11H2,1H3,(H,23,25). The summed E-state index contributed by atoms with van der Waals surface area (Å²) in [7, 11) is 2.10. The van der Waals surface area contributed by atoms with Gasteiger partial charge in [0.15, 0.2) is 0 Å². The zero-order chi connectivity index (χ0) is 17.8. The van der Waals surface area contributed by atoms with Crippen molar-refractivity contribution in [3.63, 3.8) is 0 Å². The van der Waals surface area contributed by atoms with Crippen LogP contribution in [0.2, 0.25) is 5.02 Å². The Morgan fingerprint density at radius 3 is 2.52 bits per heavy atom. The first kappa shape index (κ1) is 17.7. The van der Waals surface area contributed by atoms with Gasteiger partial charge in [0.25, 0.3) is 5.91 Å². The average Bonchev–Trinajstić information content (AvgIpc) is 2.62. The molecule has 132 valence electrons. The fourth-order valence-corrected chi connectivity index (χ4v) is 3.31. The van der Waals surface area contributed by atoms with E-state index in [0.29, 0.717) is 11.7 Å². The van der Waals surface area contributed by atoms with Crippen molar-refractivity contribution in [1.29, 1.82) is 0 Å². The van der Waals surface area contributed by atoms with E-state index in [1.54, 1.807) is 0 Å². The summed E-state index contributed by atoms with van der Waals surface area (Å²) in [6.07, 6.45) is 2.25. The van der Waals surface area contributed by atoms with E-state index in [2.05, 4.69) is 22.6 Å².